The van der Waals surface area contributed by atoms with Crippen molar-refractivity contribution < 1.29 is 52.4 Å². The van der Waals surface area contributed by atoms with Gasteiger partial charge >= 0.3 is 19.7 Å². The number of carbonyl (C=O) groups excluding carboxylic acids is 2. The first-order valence-corrected chi connectivity index (χ1v) is 7.79. The second-order valence-electron chi connectivity index (χ2n) is 4.79. The Morgan fingerprint density at radius 3 is 2.26 bits per heavy atom. The van der Waals surface area contributed by atoms with Crippen LogP contribution < -0.4 is 5.32 Å². The van der Waals surface area contributed by atoms with Gasteiger partial charge in [0.25, 0.3) is 0 Å². The highest BCUT2D eigenvalue weighted by atomic mass is 31.2. The van der Waals surface area contributed by atoms with Gasteiger partial charge in [-0.1, -0.05) is 0 Å². The van der Waals surface area contributed by atoms with Crippen LogP contribution in [0.1, 0.15) is 0 Å². The standard InChI is InChI=1S/C9H14F3N2O8P/c10-9(11,12)8(19)13-4-5(6(17)3(16)1-15)14(7(4)18)2-23(20,21)22/h3-6,15-17H,1-2H2,(H,13,19)(H2,20,21,22)/t3-,4+,5-,6-/m1/s1. The van der Waals surface area contributed by atoms with Crippen LogP contribution in [-0.2, 0) is 14.2 Å². The number of hydrogen-bond acceptors (Lipinski definition) is 6. The van der Waals surface area contributed by atoms with Gasteiger partial charge in [0.15, 0.2) is 0 Å². The second kappa shape index (κ2) is 6.71. The summed E-state index contributed by atoms with van der Waals surface area (Å²) in [6, 6.07) is -3.70. The molecular formula is C9H14F3N2O8P. The maximum Gasteiger partial charge on any atom is 0.471 e. The van der Waals surface area contributed by atoms with Crippen LogP contribution in [0.5, 0.6) is 0 Å². The Hall–Kier alpha value is -1.24. The lowest BCUT2D eigenvalue weighted by Gasteiger charge is -2.49. The zero-order valence-electron chi connectivity index (χ0n) is 11.2. The van der Waals surface area contributed by atoms with Gasteiger partial charge in [-0.3, -0.25) is 14.2 Å². The second-order valence-corrected chi connectivity index (χ2v) is 6.41. The number of aliphatic hydroxyl groups is 3. The highest BCUT2D eigenvalue weighted by molar-refractivity contribution is 7.51. The molecule has 1 aliphatic heterocycles. The average molecular weight is 366 g/mol. The largest absolute Gasteiger partial charge is 0.471 e. The van der Waals surface area contributed by atoms with Crippen molar-refractivity contribution in [3.8, 4) is 0 Å². The molecule has 0 aliphatic carbocycles. The van der Waals surface area contributed by atoms with E-state index in [9.17, 15) is 37.5 Å². The number of aliphatic hydroxyl groups excluding tert-OH is 3. The molecule has 2 amide bonds. The zero-order valence-corrected chi connectivity index (χ0v) is 12.1. The summed E-state index contributed by atoms with van der Waals surface area (Å²) in [6.07, 6.45) is -10.5. The lowest BCUT2D eigenvalue weighted by atomic mass is 9.88. The molecule has 0 bridgehead atoms. The maximum atomic E-state index is 12.2. The maximum absolute atomic E-state index is 12.2. The Morgan fingerprint density at radius 1 is 1.35 bits per heavy atom. The van der Waals surface area contributed by atoms with Gasteiger partial charge in [0.05, 0.1) is 12.6 Å². The Balaban J connectivity index is 2.98. The molecule has 1 rings (SSSR count). The highest BCUT2D eigenvalue weighted by Crippen LogP contribution is 2.40. The van der Waals surface area contributed by atoms with Crippen molar-refractivity contribution in [2.24, 2.45) is 0 Å². The van der Waals surface area contributed by atoms with Crippen molar-refractivity contribution in [3.05, 3.63) is 0 Å². The number of nitrogens with zero attached hydrogens (tertiary/aromatic N) is 1. The van der Waals surface area contributed by atoms with Gasteiger partial charge in [-0.15, -0.1) is 0 Å². The Bertz CT molecular complexity index is 523. The molecule has 0 aromatic carbocycles. The molecule has 0 saturated carbocycles. The zero-order chi connectivity index (χ0) is 18.2. The monoisotopic (exact) mass is 366 g/mol. The summed E-state index contributed by atoms with van der Waals surface area (Å²) in [6.45, 7) is -1.03. The number of rotatable bonds is 6. The van der Waals surface area contributed by atoms with E-state index in [2.05, 4.69) is 0 Å². The third kappa shape index (κ3) is 4.62. The molecule has 1 aliphatic rings. The van der Waals surface area contributed by atoms with E-state index in [-0.39, 0.29) is 0 Å². The van der Waals surface area contributed by atoms with E-state index in [0.29, 0.717) is 4.90 Å². The van der Waals surface area contributed by atoms with Crippen LogP contribution in [0, 0.1) is 0 Å². The Morgan fingerprint density at radius 2 is 1.87 bits per heavy atom. The molecule has 0 aromatic heterocycles. The summed E-state index contributed by atoms with van der Waals surface area (Å²) in [4.78, 5) is 40.5. The quantitative estimate of drug-likeness (QED) is 0.215. The molecule has 1 saturated heterocycles. The molecule has 134 valence electrons. The number of amides is 2. The van der Waals surface area contributed by atoms with E-state index >= 15 is 0 Å². The molecule has 10 nitrogen and oxygen atoms in total. The van der Waals surface area contributed by atoms with Gasteiger partial charge in [-0.05, 0) is 0 Å². The fourth-order valence-electron chi connectivity index (χ4n) is 2.02. The van der Waals surface area contributed by atoms with Crippen LogP contribution in [0.4, 0.5) is 13.2 Å². The van der Waals surface area contributed by atoms with Crippen molar-refractivity contribution in [1.82, 2.24) is 10.2 Å². The Labute approximate surface area is 126 Å². The molecule has 1 heterocycles. The molecular weight excluding hydrogens is 352 g/mol. The molecule has 6 N–H and O–H groups in total. The smallest absolute Gasteiger partial charge is 0.394 e. The van der Waals surface area contributed by atoms with Crippen molar-refractivity contribution >= 4 is 19.4 Å². The predicted molar refractivity (Wildman–Crippen MR) is 64.6 cm³/mol. The molecule has 0 aromatic rings. The molecule has 14 heteroatoms. The number of hydrogen-bond donors (Lipinski definition) is 6. The van der Waals surface area contributed by atoms with Crippen molar-refractivity contribution in [2.45, 2.75) is 30.5 Å². The van der Waals surface area contributed by atoms with E-state index in [1.807, 2.05) is 0 Å². The summed E-state index contributed by atoms with van der Waals surface area (Å²) in [5, 5.41) is 29.0. The molecule has 0 unspecified atom stereocenters. The van der Waals surface area contributed by atoms with Crippen molar-refractivity contribution in [3.63, 3.8) is 0 Å². The number of halogens is 3. The summed E-state index contributed by atoms with van der Waals surface area (Å²) in [5.41, 5.74) is 0. The minimum Gasteiger partial charge on any atom is -0.394 e. The van der Waals surface area contributed by atoms with E-state index in [1.165, 1.54) is 5.32 Å². The molecule has 0 spiro atoms. The van der Waals surface area contributed by atoms with Crippen LogP contribution in [0.15, 0.2) is 0 Å². The summed E-state index contributed by atoms with van der Waals surface area (Å²) >= 11 is 0. The van der Waals surface area contributed by atoms with E-state index in [0.717, 1.165) is 0 Å². The lowest BCUT2D eigenvalue weighted by Crippen LogP contribution is -2.76. The third-order valence-electron chi connectivity index (χ3n) is 3.06. The number of alkyl halides is 3. The number of carbonyl (C=O) groups is 2. The molecule has 1 fully saturated rings. The first kappa shape index (κ1) is 19.8. The summed E-state index contributed by atoms with van der Waals surface area (Å²) < 4.78 is 47.5. The van der Waals surface area contributed by atoms with Crippen LogP contribution in [0.3, 0.4) is 0 Å². The Kier molecular flexibility index (Phi) is 5.78. The normalized spacial score (nSPS) is 24.9. The third-order valence-corrected chi connectivity index (χ3v) is 3.74. The van der Waals surface area contributed by atoms with Gasteiger partial charge in [0.2, 0.25) is 5.91 Å². The predicted octanol–water partition coefficient (Wildman–Crippen LogP) is -2.91. The number of likely N-dealkylation sites (tertiary alicyclic amines) is 1. The van der Waals surface area contributed by atoms with Crippen LogP contribution in [0.25, 0.3) is 0 Å². The van der Waals surface area contributed by atoms with Crippen LogP contribution in [-0.4, -0.2) is 85.2 Å². The van der Waals surface area contributed by atoms with Gasteiger partial charge in [-0.25, -0.2) is 0 Å². The van der Waals surface area contributed by atoms with Crippen molar-refractivity contribution in [1.29, 1.82) is 0 Å². The molecule has 0 radical (unpaired) electrons. The van der Waals surface area contributed by atoms with E-state index < -0.39 is 62.8 Å². The first-order chi connectivity index (χ1) is 10.3. The summed E-state index contributed by atoms with van der Waals surface area (Å²) in [7, 11) is -4.82. The number of β-lactam (4-membered cyclic amide) rings is 1. The number of nitrogens with one attached hydrogen (secondary N) is 1. The average Bonchev–Trinajstić information content (AvgIpc) is 2.41. The first-order valence-electron chi connectivity index (χ1n) is 5.99. The topological polar surface area (TPSA) is 168 Å². The molecule has 23 heavy (non-hydrogen) atoms. The van der Waals surface area contributed by atoms with Crippen molar-refractivity contribution in [2.75, 3.05) is 12.9 Å². The highest BCUT2D eigenvalue weighted by Gasteiger charge is 2.56. The van der Waals surface area contributed by atoms with Gasteiger partial charge < -0.3 is 35.3 Å². The van der Waals surface area contributed by atoms with Gasteiger partial charge in [0, 0.05) is 0 Å². The van der Waals surface area contributed by atoms with Gasteiger partial charge in [-0.2, -0.15) is 13.2 Å². The van der Waals surface area contributed by atoms with Gasteiger partial charge in [0.1, 0.15) is 24.5 Å². The SMILES string of the molecule is O=C1[C@@H](NC(=O)C(F)(F)F)[C@H]([C@H](O)[C@H](O)CO)N1CP(=O)(O)O. The fraction of sp³-hybridized carbons (Fsp3) is 0.778. The van der Waals surface area contributed by atoms with Crippen LogP contribution in [0.2, 0.25) is 0 Å². The van der Waals surface area contributed by atoms with E-state index in [4.69, 9.17) is 14.9 Å². The summed E-state index contributed by atoms with van der Waals surface area (Å²) in [5.74, 6) is -3.78. The fourth-order valence-corrected chi connectivity index (χ4v) is 2.74. The van der Waals surface area contributed by atoms with Crippen LogP contribution >= 0.6 is 7.60 Å². The minimum atomic E-state index is -5.32. The molecule has 4 atom stereocenters. The lowest BCUT2D eigenvalue weighted by molar-refractivity contribution is -0.182. The minimum absolute atomic E-state index is 0.325. The van der Waals surface area contributed by atoms with E-state index in [1.54, 1.807) is 0 Å².